The van der Waals surface area contributed by atoms with E-state index in [1.807, 2.05) is 16.7 Å². The van der Waals surface area contributed by atoms with Crippen LogP contribution in [-0.2, 0) is 15.0 Å². The van der Waals surface area contributed by atoms with Gasteiger partial charge in [0.25, 0.3) is 0 Å². The number of fused-ring (bicyclic) bond motifs is 1. The van der Waals surface area contributed by atoms with E-state index in [0.717, 1.165) is 12.2 Å². The van der Waals surface area contributed by atoms with Crippen LogP contribution in [0, 0.1) is 28.2 Å². The molecule has 0 spiro atoms. The van der Waals surface area contributed by atoms with Gasteiger partial charge in [-0.25, -0.2) is 0 Å². The van der Waals surface area contributed by atoms with E-state index < -0.39 is 10.7 Å². The predicted molar refractivity (Wildman–Crippen MR) is 141 cm³/mol. The van der Waals surface area contributed by atoms with Crippen molar-refractivity contribution in [3.8, 4) is 0 Å². The number of benzene rings is 2. The molecular formula is C28H32N3O4S-. The number of quaternary nitrogens is 1. The van der Waals surface area contributed by atoms with Crippen molar-refractivity contribution in [1.82, 2.24) is 4.90 Å². The molecule has 3 fully saturated rings. The second-order valence-electron chi connectivity index (χ2n) is 10.4. The third-order valence-corrected chi connectivity index (χ3v) is 9.51. The van der Waals surface area contributed by atoms with Gasteiger partial charge in [0.2, 0.25) is 11.8 Å². The maximum absolute atomic E-state index is 12.8. The monoisotopic (exact) mass is 506 g/mol. The molecule has 3 heterocycles. The van der Waals surface area contributed by atoms with E-state index in [2.05, 4.69) is 73.8 Å². The number of rotatable bonds is 4. The summed E-state index contributed by atoms with van der Waals surface area (Å²) in [6.45, 7) is 2.04. The van der Waals surface area contributed by atoms with Crippen LogP contribution in [0.4, 0.5) is 0 Å². The van der Waals surface area contributed by atoms with Crippen LogP contribution in [0.25, 0.3) is 0 Å². The number of piperidine rings is 1. The van der Waals surface area contributed by atoms with Gasteiger partial charge in [0.15, 0.2) is 0 Å². The normalized spacial score (nSPS) is 28.1. The second kappa shape index (κ2) is 9.67. The lowest BCUT2D eigenvalue weighted by atomic mass is 9.80. The van der Waals surface area contributed by atoms with E-state index in [0.29, 0.717) is 30.0 Å². The van der Waals surface area contributed by atoms with Crippen molar-refractivity contribution in [1.29, 1.82) is 0 Å². The SMILES string of the molecule is CC1=CN2C(=O)C(C3CC3(c3ccccc3)c3ccccc3)[C@@H]2SC1.NC(=O)C1CC[N+]([O-])([O-])CC1. The zero-order valence-electron chi connectivity index (χ0n) is 20.4. The van der Waals surface area contributed by atoms with Crippen LogP contribution in [0.2, 0.25) is 0 Å². The zero-order chi connectivity index (χ0) is 25.5. The minimum atomic E-state index is -1.47. The molecule has 7 nitrogen and oxygen atoms in total. The summed E-state index contributed by atoms with van der Waals surface area (Å²) in [5, 5.41) is 21.8. The van der Waals surface area contributed by atoms with Crippen molar-refractivity contribution in [2.24, 2.45) is 23.5 Å². The molecule has 8 heteroatoms. The highest BCUT2D eigenvalue weighted by molar-refractivity contribution is 8.00. The number of carbonyl (C=O) groups excluding carboxylic acids is 2. The van der Waals surface area contributed by atoms with Gasteiger partial charge in [-0.3, -0.25) is 9.59 Å². The van der Waals surface area contributed by atoms with E-state index in [1.165, 1.54) is 16.7 Å². The zero-order valence-corrected chi connectivity index (χ0v) is 21.2. The fraction of sp³-hybridized carbons (Fsp3) is 0.429. The molecule has 2 N–H and O–H groups in total. The van der Waals surface area contributed by atoms with Crippen LogP contribution in [0.1, 0.15) is 37.3 Å². The largest absolute Gasteiger partial charge is 0.632 e. The van der Waals surface area contributed by atoms with Gasteiger partial charge in [0.05, 0.1) is 24.4 Å². The van der Waals surface area contributed by atoms with Gasteiger partial charge in [0, 0.05) is 36.1 Å². The van der Waals surface area contributed by atoms with E-state index in [1.54, 1.807) is 0 Å². The van der Waals surface area contributed by atoms with Crippen LogP contribution in [0.3, 0.4) is 0 Å². The van der Waals surface area contributed by atoms with Crippen molar-refractivity contribution in [3.63, 3.8) is 0 Å². The molecule has 0 aromatic heterocycles. The molecule has 2 aromatic carbocycles. The smallest absolute Gasteiger partial charge is 0.233 e. The van der Waals surface area contributed by atoms with Gasteiger partial charge in [0.1, 0.15) is 0 Å². The molecule has 2 saturated heterocycles. The van der Waals surface area contributed by atoms with Gasteiger partial charge in [-0.05, 0) is 36.0 Å². The Balaban J connectivity index is 0.000000205. The Kier molecular flexibility index (Phi) is 6.72. The second-order valence-corrected chi connectivity index (χ2v) is 11.5. The topological polar surface area (TPSA) is 110 Å². The Bertz CT molecular complexity index is 1100. The van der Waals surface area contributed by atoms with Crippen LogP contribution < -0.4 is 5.73 Å². The maximum Gasteiger partial charge on any atom is 0.233 e. The maximum atomic E-state index is 12.8. The molecule has 2 unspecified atom stereocenters. The van der Waals surface area contributed by atoms with E-state index in [4.69, 9.17) is 5.73 Å². The van der Waals surface area contributed by atoms with Gasteiger partial charge in [-0.1, -0.05) is 60.7 Å². The Morgan fingerprint density at radius 1 is 1.03 bits per heavy atom. The lowest BCUT2D eigenvalue weighted by molar-refractivity contribution is -0.836. The van der Waals surface area contributed by atoms with Crippen molar-refractivity contribution >= 4 is 23.6 Å². The minimum absolute atomic E-state index is 0.00566. The molecule has 0 bridgehead atoms. The van der Waals surface area contributed by atoms with E-state index in [9.17, 15) is 20.0 Å². The first-order valence-corrected chi connectivity index (χ1v) is 13.6. The van der Waals surface area contributed by atoms with Crippen molar-refractivity contribution in [2.75, 3.05) is 18.8 Å². The van der Waals surface area contributed by atoms with Gasteiger partial charge >= 0.3 is 0 Å². The highest BCUT2D eigenvalue weighted by Crippen LogP contribution is 2.65. The molecular weight excluding hydrogens is 474 g/mol. The quantitative estimate of drug-likeness (QED) is 0.381. The van der Waals surface area contributed by atoms with Crippen molar-refractivity contribution in [3.05, 3.63) is 94.0 Å². The van der Waals surface area contributed by atoms with Crippen LogP contribution in [0.5, 0.6) is 0 Å². The molecule has 2 aromatic rings. The first kappa shape index (κ1) is 25.0. The number of nitrogens with two attached hydrogens (primary N) is 1. The number of primary amides is 1. The lowest BCUT2D eigenvalue weighted by Gasteiger charge is -2.50. The number of hydrogen-bond donors (Lipinski definition) is 1. The fourth-order valence-corrected chi connectivity index (χ4v) is 7.31. The van der Waals surface area contributed by atoms with E-state index in [-0.39, 0.29) is 30.3 Å². The fourth-order valence-electron chi connectivity index (χ4n) is 5.96. The minimum Gasteiger partial charge on any atom is -0.632 e. The highest BCUT2D eigenvalue weighted by atomic mass is 32.2. The molecule has 190 valence electrons. The number of nitrogens with zero attached hydrogens (tertiary/aromatic N) is 2. The molecule has 36 heavy (non-hydrogen) atoms. The van der Waals surface area contributed by atoms with Crippen LogP contribution >= 0.6 is 11.8 Å². The molecule has 1 saturated carbocycles. The van der Waals surface area contributed by atoms with E-state index >= 15 is 0 Å². The number of amides is 2. The average molecular weight is 507 g/mol. The van der Waals surface area contributed by atoms with Crippen molar-refractivity contribution in [2.45, 2.75) is 37.0 Å². The Hall–Kier alpha value is -2.65. The van der Waals surface area contributed by atoms with Crippen LogP contribution in [0.15, 0.2) is 72.4 Å². The summed E-state index contributed by atoms with van der Waals surface area (Å²) in [5.74, 6) is 1.26. The van der Waals surface area contributed by atoms with Crippen LogP contribution in [-0.4, -0.2) is 45.7 Å². The molecule has 4 aliphatic rings. The van der Waals surface area contributed by atoms with Gasteiger partial charge in [-0.2, -0.15) is 0 Å². The summed E-state index contributed by atoms with van der Waals surface area (Å²) in [7, 11) is 0. The Labute approximate surface area is 216 Å². The summed E-state index contributed by atoms with van der Waals surface area (Å²) in [6.07, 6.45) is 3.81. The first-order chi connectivity index (χ1) is 17.2. The third-order valence-electron chi connectivity index (χ3n) is 8.03. The predicted octanol–water partition coefficient (Wildman–Crippen LogP) is 4.12. The lowest BCUT2D eigenvalue weighted by Crippen LogP contribution is -2.59. The Morgan fingerprint density at radius 2 is 1.58 bits per heavy atom. The number of carbonyl (C=O) groups is 2. The first-order valence-electron chi connectivity index (χ1n) is 12.5. The summed E-state index contributed by atoms with van der Waals surface area (Å²) in [5.41, 5.74) is 9.01. The number of hydroxylamine groups is 4. The summed E-state index contributed by atoms with van der Waals surface area (Å²) >= 11 is 1.93. The molecule has 3 atom stereocenters. The number of thioether (sulfide) groups is 1. The Morgan fingerprint density at radius 3 is 2.11 bits per heavy atom. The summed E-state index contributed by atoms with van der Waals surface area (Å²) in [6, 6.07) is 21.5. The molecule has 6 rings (SSSR count). The highest BCUT2D eigenvalue weighted by Gasteiger charge is 2.67. The molecule has 2 amide bonds. The standard InChI is InChI=1S/C22H21NOS.C6H11N2O3/c1-15-13-23-20(24)19(21(23)25-14-15)18-12-22(18,16-8-4-2-5-9-16)17-10-6-3-7-11-17;7-6(9)5-1-3-8(10,11)4-2-5/h2-11,13,18-19,21H,12,14H2,1H3;5H,1-4H2,(H2,7,9)/q;-1/t18?,19?,21-;/m0./s1. The number of hydrogen-bond acceptors (Lipinski definition) is 5. The summed E-state index contributed by atoms with van der Waals surface area (Å²) < 4.78 is 0. The summed E-state index contributed by atoms with van der Waals surface area (Å²) in [4.78, 5) is 23.9. The average Bonchev–Trinajstić information content (AvgIpc) is 3.61. The number of β-lactam (4-membered cyclic amide) rings is 1. The molecule has 3 aliphatic heterocycles. The molecule has 0 radical (unpaired) electrons. The van der Waals surface area contributed by atoms with Gasteiger partial charge in [-0.15, -0.1) is 11.8 Å². The molecule has 1 aliphatic carbocycles. The third kappa shape index (κ3) is 4.59. The van der Waals surface area contributed by atoms with Gasteiger partial charge < -0.3 is 25.9 Å². The van der Waals surface area contributed by atoms with Crippen molar-refractivity contribution < 1.29 is 14.4 Å².